The molecule has 1 nitrogen and oxygen atoms in total. The highest BCUT2D eigenvalue weighted by Crippen LogP contribution is 2.34. The van der Waals surface area contributed by atoms with Gasteiger partial charge >= 0.3 is 0 Å². The molecule has 0 saturated heterocycles. The fourth-order valence-electron chi connectivity index (χ4n) is 2.51. The van der Waals surface area contributed by atoms with Gasteiger partial charge in [0, 0.05) is 0 Å². The van der Waals surface area contributed by atoms with Crippen LogP contribution in [0.15, 0.2) is 36.1 Å². The second-order valence-corrected chi connectivity index (χ2v) is 6.23. The predicted molar refractivity (Wildman–Crippen MR) is 75.0 cm³/mol. The van der Waals surface area contributed by atoms with Gasteiger partial charge in [-0.1, -0.05) is 52.3 Å². The molecule has 1 heteroatoms. The molecule has 17 heavy (non-hydrogen) atoms. The van der Waals surface area contributed by atoms with E-state index in [0.717, 1.165) is 0 Å². The Labute approximate surface area is 106 Å². The van der Waals surface area contributed by atoms with Crippen molar-refractivity contribution in [3.05, 3.63) is 36.1 Å². The highest BCUT2D eigenvalue weighted by Gasteiger charge is 2.23. The lowest BCUT2D eigenvalue weighted by atomic mass is 9.76. The van der Waals surface area contributed by atoms with E-state index in [4.69, 9.17) is 0 Å². The Hall–Kier alpha value is -0.980. The van der Waals surface area contributed by atoms with Gasteiger partial charge < -0.3 is 5.11 Å². The minimum atomic E-state index is 0.356. The molecule has 0 bridgehead atoms. The number of rotatable bonds is 4. The standard InChI is InChI=1S/C16H26O/c1-5-7-14(12-16(2,3)4)13-8-6-9-15(17)11-10-13/h6,8-11,13-14,17H,5,7,12H2,1-4H3. The first kappa shape index (κ1) is 14.1. The normalized spacial score (nSPS) is 22.1. The molecule has 0 heterocycles. The predicted octanol–water partition coefficient (Wildman–Crippen LogP) is 5.02. The highest BCUT2D eigenvalue weighted by atomic mass is 16.3. The van der Waals surface area contributed by atoms with Crippen LogP contribution in [0.3, 0.4) is 0 Å². The second-order valence-electron chi connectivity index (χ2n) is 6.23. The first-order valence-corrected chi connectivity index (χ1v) is 6.68. The average molecular weight is 234 g/mol. The van der Waals surface area contributed by atoms with E-state index in [1.54, 1.807) is 6.08 Å². The molecule has 2 unspecified atom stereocenters. The van der Waals surface area contributed by atoms with E-state index >= 15 is 0 Å². The quantitative estimate of drug-likeness (QED) is 0.724. The van der Waals surface area contributed by atoms with Crippen molar-refractivity contribution in [2.24, 2.45) is 17.3 Å². The van der Waals surface area contributed by atoms with Gasteiger partial charge in [0.2, 0.25) is 0 Å². The third-order valence-electron chi connectivity index (χ3n) is 3.17. The third-order valence-corrected chi connectivity index (χ3v) is 3.17. The lowest BCUT2D eigenvalue weighted by Crippen LogP contribution is -2.19. The van der Waals surface area contributed by atoms with Crippen molar-refractivity contribution < 1.29 is 5.11 Å². The van der Waals surface area contributed by atoms with E-state index in [-0.39, 0.29) is 0 Å². The smallest absolute Gasteiger partial charge is 0.115 e. The largest absolute Gasteiger partial charge is 0.508 e. The van der Waals surface area contributed by atoms with E-state index in [1.807, 2.05) is 12.2 Å². The maximum atomic E-state index is 9.47. The summed E-state index contributed by atoms with van der Waals surface area (Å²) < 4.78 is 0. The monoisotopic (exact) mass is 234 g/mol. The molecule has 0 radical (unpaired) electrons. The SMILES string of the molecule is CCCC(CC(C)(C)C)C1C=CC=C(O)C=C1. The van der Waals surface area contributed by atoms with E-state index in [0.29, 0.717) is 23.0 Å². The molecule has 96 valence electrons. The van der Waals surface area contributed by atoms with Crippen LogP contribution in [0.1, 0.15) is 47.0 Å². The molecule has 0 aromatic rings. The van der Waals surface area contributed by atoms with Crippen LogP contribution < -0.4 is 0 Å². The Morgan fingerprint density at radius 2 is 2.00 bits per heavy atom. The topological polar surface area (TPSA) is 20.2 Å². The van der Waals surface area contributed by atoms with Crippen molar-refractivity contribution in [3.63, 3.8) is 0 Å². The molecule has 1 N–H and O–H groups in total. The van der Waals surface area contributed by atoms with Gasteiger partial charge in [0.1, 0.15) is 5.76 Å². The molecule has 0 amide bonds. The van der Waals surface area contributed by atoms with Crippen LogP contribution >= 0.6 is 0 Å². The lowest BCUT2D eigenvalue weighted by molar-refractivity contribution is 0.255. The zero-order chi connectivity index (χ0) is 12.9. The Bertz CT molecular complexity index is 315. The zero-order valence-electron chi connectivity index (χ0n) is 11.6. The maximum Gasteiger partial charge on any atom is 0.115 e. The van der Waals surface area contributed by atoms with Crippen LogP contribution in [0.25, 0.3) is 0 Å². The lowest BCUT2D eigenvalue weighted by Gasteiger charge is -2.29. The molecule has 0 fully saturated rings. The molecule has 0 saturated carbocycles. The summed E-state index contributed by atoms with van der Waals surface area (Å²) in [4.78, 5) is 0. The van der Waals surface area contributed by atoms with Gasteiger partial charge in [-0.3, -0.25) is 0 Å². The molecule has 0 aromatic carbocycles. The van der Waals surface area contributed by atoms with Crippen LogP contribution in [0.2, 0.25) is 0 Å². The number of aliphatic hydroxyl groups is 1. The summed E-state index contributed by atoms with van der Waals surface area (Å²) in [6, 6.07) is 0. The van der Waals surface area contributed by atoms with Crippen molar-refractivity contribution in [1.29, 1.82) is 0 Å². The average Bonchev–Trinajstić information content (AvgIpc) is 2.40. The van der Waals surface area contributed by atoms with Crippen LogP contribution in [-0.2, 0) is 0 Å². The number of aliphatic hydroxyl groups excluding tert-OH is 1. The van der Waals surface area contributed by atoms with Crippen molar-refractivity contribution >= 4 is 0 Å². The molecule has 1 rings (SSSR count). The number of hydrogen-bond acceptors (Lipinski definition) is 1. The molecular weight excluding hydrogens is 208 g/mol. The summed E-state index contributed by atoms with van der Waals surface area (Å²) in [6.07, 6.45) is 13.6. The van der Waals surface area contributed by atoms with Crippen molar-refractivity contribution in [2.75, 3.05) is 0 Å². The fraction of sp³-hybridized carbons (Fsp3) is 0.625. The highest BCUT2D eigenvalue weighted by molar-refractivity contribution is 5.24. The van der Waals surface area contributed by atoms with Gasteiger partial charge in [0.25, 0.3) is 0 Å². The van der Waals surface area contributed by atoms with Crippen LogP contribution in [0.5, 0.6) is 0 Å². The molecule has 2 atom stereocenters. The van der Waals surface area contributed by atoms with Gasteiger partial charge in [0.15, 0.2) is 0 Å². The summed E-state index contributed by atoms with van der Waals surface area (Å²) in [5.74, 6) is 1.48. The van der Waals surface area contributed by atoms with E-state index < -0.39 is 0 Å². The summed E-state index contributed by atoms with van der Waals surface area (Å²) in [5.41, 5.74) is 0.364. The van der Waals surface area contributed by atoms with Gasteiger partial charge in [0.05, 0.1) is 0 Å². The summed E-state index contributed by atoms with van der Waals surface area (Å²) in [7, 11) is 0. The maximum absolute atomic E-state index is 9.47. The molecule has 0 aliphatic heterocycles. The third kappa shape index (κ3) is 5.25. The summed E-state index contributed by atoms with van der Waals surface area (Å²) >= 11 is 0. The van der Waals surface area contributed by atoms with E-state index in [1.165, 1.54) is 19.3 Å². The Morgan fingerprint density at radius 3 is 2.59 bits per heavy atom. The number of allylic oxidation sites excluding steroid dienone is 5. The molecule has 1 aliphatic carbocycles. The van der Waals surface area contributed by atoms with Gasteiger partial charge in [-0.05, 0) is 42.2 Å². The Balaban J connectivity index is 2.74. The number of hydrogen-bond donors (Lipinski definition) is 1. The minimum Gasteiger partial charge on any atom is -0.508 e. The van der Waals surface area contributed by atoms with Crippen LogP contribution in [0, 0.1) is 17.3 Å². The van der Waals surface area contributed by atoms with Crippen molar-refractivity contribution in [1.82, 2.24) is 0 Å². The van der Waals surface area contributed by atoms with Crippen LogP contribution in [0.4, 0.5) is 0 Å². The molecule has 0 aromatic heterocycles. The van der Waals surface area contributed by atoms with Gasteiger partial charge in [-0.25, -0.2) is 0 Å². The molecule has 1 aliphatic rings. The van der Waals surface area contributed by atoms with E-state index in [2.05, 4.69) is 39.8 Å². The van der Waals surface area contributed by atoms with Gasteiger partial charge in [-0.15, -0.1) is 0 Å². The zero-order valence-corrected chi connectivity index (χ0v) is 11.6. The summed E-state index contributed by atoms with van der Waals surface area (Å²) in [6.45, 7) is 9.15. The molecule has 0 spiro atoms. The molecular formula is C16H26O. The van der Waals surface area contributed by atoms with Crippen molar-refractivity contribution in [3.8, 4) is 0 Å². The first-order valence-electron chi connectivity index (χ1n) is 6.68. The minimum absolute atomic E-state index is 0.356. The van der Waals surface area contributed by atoms with Gasteiger partial charge in [-0.2, -0.15) is 0 Å². The van der Waals surface area contributed by atoms with E-state index in [9.17, 15) is 5.11 Å². The Morgan fingerprint density at radius 1 is 1.29 bits per heavy atom. The van der Waals surface area contributed by atoms with Crippen LogP contribution in [-0.4, -0.2) is 5.11 Å². The fourth-order valence-corrected chi connectivity index (χ4v) is 2.51. The Kier molecular flexibility index (Phi) is 5.04. The second kappa shape index (κ2) is 6.09. The summed E-state index contributed by atoms with van der Waals surface area (Å²) in [5, 5.41) is 9.47. The first-order chi connectivity index (χ1) is 7.92. The van der Waals surface area contributed by atoms with Crippen molar-refractivity contribution in [2.45, 2.75) is 47.0 Å².